The number of carbonyl (C=O) groups is 3. The molecule has 1 atom stereocenters. The predicted molar refractivity (Wildman–Crippen MR) is 122 cm³/mol. The van der Waals surface area contributed by atoms with Gasteiger partial charge in [-0.2, -0.15) is 0 Å². The van der Waals surface area contributed by atoms with Crippen molar-refractivity contribution in [3.05, 3.63) is 64.6 Å². The number of nitrogens with one attached hydrogen (secondary N) is 2. The number of benzene rings is 2. The molecule has 1 unspecified atom stereocenters. The molecule has 2 aromatic carbocycles. The van der Waals surface area contributed by atoms with E-state index in [-0.39, 0.29) is 23.4 Å². The Morgan fingerprint density at radius 3 is 2.88 bits per heavy atom. The second-order valence-corrected chi connectivity index (χ2v) is 7.94. The van der Waals surface area contributed by atoms with Gasteiger partial charge in [0.25, 0.3) is 5.91 Å². The zero-order valence-electron chi connectivity index (χ0n) is 25.8. The van der Waals surface area contributed by atoms with E-state index in [4.69, 9.17) is 15.7 Å². The molecule has 8 nitrogen and oxygen atoms in total. The van der Waals surface area contributed by atoms with Crippen LogP contribution < -0.4 is 10.6 Å². The lowest BCUT2D eigenvalue weighted by atomic mass is 10.0. The van der Waals surface area contributed by atoms with Crippen LogP contribution in [0.2, 0.25) is 0 Å². The summed E-state index contributed by atoms with van der Waals surface area (Å²) < 4.78 is 71.7. The van der Waals surface area contributed by atoms with Crippen molar-refractivity contribution in [2.75, 3.05) is 31.6 Å². The largest absolute Gasteiger partial charge is 0.381 e. The Balaban J connectivity index is 1.46. The Labute approximate surface area is 204 Å². The molecule has 8 heteroatoms. The van der Waals surface area contributed by atoms with Gasteiger partial charge in [-0.15, -0.1) is 0 Å². The van der Waals surface area contributed by atoms with E-state index in [1.807, 2.05) is 24.3 Å². The maximum absolute atomic E-state index is 13.5. The number of amides is 3. The number of imide groups is 1. The van der Waals surface area contributed by atoms with Crippen molar-refractivity contribution < 1.29 is 30.1 Å². The first kappa shape index (κ1) is 14.1. The molecule has 0 aliphatic carbocycles. The third-order valence-electron chi connectivity index (χ3n) is 5.73. The standard InChI is InChI=1S/C25H28N4O4/c30-23-8-7-22(24(31)27-23)29-16-20-19(25(29)32)5-2-6-21(20)26-14-17-3-1-4-18(13-17)15-28-9-11-33-12-10-28/h1-6,13,22,26H,7-12,14-16H2,(H,27,30,31)/i2D,5D,6D,7D2,8D2,22D. The predicted octanol–water partition coefficient (Wildman–Crippen LogP) is 1.89. The average molecular weight is 457 g/mol. The lowest BCUT2D eigenvalue weighted by molar-refractivity contribution is -0.136. The third kappa shape index (κ3) is 4.62. The first-order valence-corrected chi connectivity index (χ1v) is 10.6. The Bertz CT molecular complexity index is 1450. The molecule has 2 N–H and O–H groups in total. The van der Waals surface area contributed by atoms with Gasteiger partial charge in [0.2, 0.25) is 11.8 Å². The highest BCUT2D eigenvalue weighted by Gasteiger charge is 2.39. The highest BCUT2D eigenvalue weighted by atomic mass is 16.5. The van der Waals surface area contributed by atoms with Crippen LogP contribution >= 0.6 is 0 Å². The summed E-state index contributed by atoms with van der Waals surface area (Å²) >= 11 is 0. The molecular weight excluding hydrogens is 420 g/mol. The molecule has 0 spiro atoms. The topological polar surface area (TPSA) is 91.0 Å². The number of hydrogen-bond acceptors (Lipinski definition) is 6. The minimum Gasteiger partial charge on any atom is -0.381 e. The molecule has 0 radical (unpaired) electrons. The van der Waals surface area contributed by atoms with Crippen LogP contribution in [-0.2, 0) is 34.0 Å². The number of anilines is 1. The fraction of sp³-hybridized carbons (Fsp3) is 0.400. The fourth-order valence-electron chi connectivity index (χ4n) is 4.07. The van der Waals surface area contributed by atoms with Crippen LogP contribution in [0.15, 0.2) is 42.4 Å². The van der Waals surface area contributed by atoms with Crippen molar-refractivity contribution in [2.24, 2.45) is 0 Å². The van der Waals surface area contributed by atoms with Crippen LogP contribution in [-0.4, -0.2) is 59.8 Å². The van der Waals surface area contributed by atoms with E-state index in [2.05, 4.69) is 10.2 Å². The van der Waals surface area contributed by atoms with E-state index < -0.39 is 61.2 Å². The van der Waals surface area contributed by atoms with Gasteiger partial charge in [-0.25, -0.2) is 0 Å². The summed E-state index contributed by atoms with van der Waals surface area (Å²) in [6.45, 7) is 3.23. The van der Waals surface area contributed by atoms with Gasteiger partial charge >= 0.3 is 0 Å². The summed E-state index contributed by atoms with van der Waals surface area (Å²) in [5.41, 5.74) is 1.52. The number of morpholine rings is 1. The molecule has 2 aromatic rings. The number of piperidine rings is 1. The maximum Gasteiger partial charge on any atom is 0.255 e. The van der Waals surface area contributed by atoms with Crippen molar-refractivity contribution in [1.82, 2.24) is 15.1 Å². The normalized spacial score (nSPS) is 29.9. The average Bonchev–Trinajstić information content (AvgIpc) is 3.28. The Kier molecular flexibility index (Phi) is 3.99. The van der Waals surface area contributed by atoms with Gasteiger partial charge in [0.05, 0.1) is 18.7 Å². The minimum absolute atomic E-state index is 0.00916. The first-order chi connectivity index (χ1) is 19.2. The van der Waals surface area contributed by atoms with Gasteiger partial charge in [0.1, 0.15) is 6.02 Å². The number of rotatable bonds is 6. The second kappa shape index (κ2) is 9.33. The van der Waals surface area contributed by atoms with Crippen LogP contribution in [0.3, 0.4) is 0 Å². The summed E-state index contributed by atoms with van der Waals surface area (Å²) in [5.74, 6) is -4.24. The molecule has 33 heavy (non-hydrogen) atoms. The molecular formula is C25H28N4O4. The zero-order valence-corrected chi connectivity index (χ0v) is 17.8. The second-order valence-electron chi connectivity index (χ2n) is 7.94. The first-order valence-electron chi connectivity index (χ1n) is 14.6. The van der Waals surface area contributed by atoms with Crippen LogP contribution in [0, 0.1) is 0 Å². The molecule has 3 heterocycles. The highest BCUT2D eigenvalue weighted by Crippen LogP contribution is 2.32. The molecule has 0 saturated carbocycles. The number of ether oxygens (including phenoxy) is 1. The molecule has 172 valence electrons. The van der Waals surface area contributed by atoms with Crippen LogP contribution in [0.4, 0.5) is 5.69 Å². The van der Waals surface area contributed by atoms with Crippen molar-refractivity contribution in [3.8, 4) is 0 Å². The van der Waals surface area contributed by atoms with Gasteiger partial charge < -0.3 is 15.0 Å². The molecule has 3 aliphatic rings. The molecule has 5 rings (SSSR count). The number of hydrogen-bond donors (Lipinski definition) is 2. The molecule has 3 amide bonds. The van der Waals surface area contributed by atoms with Crippen LogP contribution in [0.5, 0.6) is 0 Å². The third-order valence-corrected chi connectivity index (χ3v) is 5.73. The maximum atomic E-state index is 13.5. The summed E-state index contributed by atoms with van der Waals surface area (Å²) in [7, 11) is 0. The van der Waals surface area contributed by atoms with E-state index >= 15 is 0 Å². The smallest absolute Gasteiger partial charge is 0.255 e. The van der Waals surface area contributed by atoms with Crippen LogP contribution in [0.25, 0.3) is 0 Å². The van der Waals surface area contributed by atoms with Gasteiger partial charge in [0.15, 0.2) is 0 Å². The summed E-state index contributed by atoms with van der Waals surface area (Å²) in [4.78, 5) is 41.1. The zero-order chi connectivity index (χ0) is 29.9. The van der Waals surface area contributed by atoms with Crippen molar-refractivity contribution in [1.29, 1.82) is 0 Å². The van der Waals surface area contributed by atoms with E-state index in [0.717, 1.165) is 30.8 Å². The Hall–Kier alpha value is -3.23. The van der Waals surface area contributed by atoms with E-state index in [0.29, 0.717) is 18.1 Å². The van der Waals surface area contributed by atoms with E-state index in [1.165, 1.54) is 0 Å². The lowest BCUT2D eigenvalue weighted by Crippen LogP contribution is -2.52. The SMILES string of the molecule is [2H]c1c([2H])c(NCc2cccc(CN3CCOCC3)c2)c2c(c1[2H])C(=O)N(C1([2H])C(=O)NC(=O)C([2H])([2H])C1([2H])[2H])C2. The summed E-state index contributed by atoms with van der Waals surface area (Å²) in [5, 5.41) is 4.71. The van der Waals surface area contributed by atoms with Gasteiger partial charge in [-0.1, -0.05) is 30.3 Å². The van der Waals surface area contributed by atoms with Crippen molar-refractivity contribution >= 4 is 23.4 Å². The quantitative estimate of drug-likeness (QED) is 0.645. The monoisotopic (exact) mass is 456 g/mol. The summed E-state index contributed by atoms with van der Waals surface area (Å²) in [6, 6.07) is 2.88. The Morgan fingerprint density at radius 2 is 2.03 bits per heavy atom. The molecule has 2 saturated heterocycles. The van der Waals surface area contributed by atoms with E-state index in [1.54, 1.807) is 5.32 Å². The molecule has 0 aromatic heterocycles. The van der Waals surface area contributed by atoms with Crippen LogP contribution in [0.1, 0.15) is 50.8 Å². The van der Waals surface area contributed by atoms with Crippen molar-refractivity contribution in [3.63, 3.8) is 0 Å². The summed E-state index contributed by atoms with van der Waals surface area (Å²) in [6.07, 6.45) is -6.81. The number of carbonyl (C=O) groups excluding carboxylic acids is 3. The number of fused-ring (bicyclic) bond motifs is 1. The lowest BCUT2D eigenvalue weighted by Gasteiger charge is -2.29. The van der Waals surface area contributed by atoms with Crippen molar-refractivity contribution in [2.45, 2.75) is 38.4 Å². The highest BCUT2D eigenvalue weighted by molar-refractivity contribution is 6.06. The van der Waals surface area contributed by atoms with E-state index in [9.17, 15) is 14.4 Å². The molecule has 0 bridgehead atoms. The molecule has 2 fully saturated rings. The minimum atomic E-state index is -3.47. The van der Waals surface area contributed by atoms with Gasteiger partial charge in [-0.3, -0.25) is 24.6 Å². The fourth-order valence-corrected chi connectivity index (χ4v) is 4.07. The van der Waals surface area contributed by atoms with Gasteiger partial charge in [-0.05, 0) is 29.6 Å². The van der Waals surface area contributed by atoms with Gasteiger partial charge in [0, 0.05) is 61.4 Å². The Morgan fingerprint density at radius 1 is 1.21 bits per heavy atom. The molecule has 3 aliphatic heterocycles. The number of nitrogens with zero attached hydrogens (tertiary/aromatic N) is 2.